The molecular weight excluding hydrogens is 250 g/mol. The molecule has 3 nitrogen and oxygen atoms in total. The topological polar surface area (TPSA) is 29.5 Å². The monoisotopic (exact) mass is 275 g/mol. The standard InChI is InChI=1S/C17H25NO2/c1-13(15-8-6-5-7-9-15)10-16(19)18-11-14(2)20-12-17(18,3)4/h5-9,13-14H,10-12H2,1-4H3. The van der Waals surface area contributed by atoms with E-state index in [-0.39, 0.29) is 23.5 Å². The molecule has 20 heavy (non-hydrogen) atoms. The highest BCUT2D eigenvalue weighted by atomic mass is 16.5. The van der Waals surface area contributed by atoms with Crippen LogP contribution in [0, 0.1) is 0 Å². The van der Waals surface area contributed by atoms with Crippen LogP contribution < -0.4 is 0 Å². The van der Waals surface area contributed by atoms with Gasteiger partial charge in [0.15, 0.2) is 0 Å². The van der Waals surface area contributed by atoms with E-state index < -0.39 is 0 Å². The van der Waals surface area contributed by atoms with Crippen molar-refractivity contribution in [1.82, 2.24) is 4.90 Å². The van der Waals surface area contributed by atoms with Crippen LogP contribution >= 0.6 is 0 Å². The van der Waals surface area contributed by atoms with E-state index in [4.69, 9.17) is 4.74 Å². The fourth-order valence-electron chi connectivity index (χ4n) is 2.69. The lowest BCUT2D eigenvalue weighted by Gasteiger charge is -2.45. The van der Waals surface area contributed by atoms with Gasteiger partial charge in [-0.2, -0.15) is 0 Å². The molecule has 1 aliphatic rings. The average molecular weight is 275 g/mol. The van der Waals surface area contributed by atoms with E-state index in [1.54, 1.807) is 0 Å². The normalized spacial score (nSPS) is 23.4. The Kier molecular flexibility index (Phi) is 4.48. The quantitative estimate of drug-likeness (QED) is 0.847. The molecule has 2 unspecified atom stereocenters. The Bertz CT molecular complexity index is 455. The fraction of sp³-hybridized carbons (Fsp3) is 0.588. The first-order chi connectivity index (χ1) is 9.40. The highest BCUT2D eigenvalue weighted by Gasteiger charge is 2.36. The smallest absolute Gasteiger partial charge is 0.223 e. The van der Waals surface area contributed by atoms with E-state index >= 15 is 0 Å². The van der Waals surface area contributed by atoms with Crippen molar-refractivity contribution in [3.63, 3.8) is 0 Å². The minimum Gasteiger partial charge on any atom is -0.374 e. The van der Waals surface area contributed by atoms with Crippen molar-refractivity contribution in [2.45, 2.75) is 51.7 Å². The molecule has 1 aromatic rings. The maximum Gasteiger partial charge on any atom is 0.223 e. The third kappa shape index (κ3) is 3.40. The van der Waals surface area contributed by atoms with Crippen molar-refractivity contribution in [1.29, 1.82) is 0 Å². The molecule has 2 atom stereocenters. The molecule has 1 amide bonds. The lowest BCUT2D eigenvalue weighted by Crippen LogP contribution is -2.57. The number of nitrogens with zero attached hydrogens (tertiary/aromatic N) is 1. The van der Waals surface area contributed by atoms with Crippen LogP contribution in [0.1, 0.15) is 45.6 Å². The van der Waals surface area contributed by atoms with Crippen LogP contribution in [0.2, 0.25) is 0 Å². The summed E-state index contributed by atoms with van der Waals surface area (Å²) in [7, 11) is 0. The number of hydrogen-bond acceptors (Lipinski definition) is 2. The van der Waals surface area contributed by atoms with Gasteiger partial charge in [-0.05, 0) is 32.3 Å². The number of rotatable bonds is 3. The van der Waals surface area contributed by atoms with Gasteiger partial charge in [0.2, 0.25) is 5.91 Å². The number of carbonyl (C=O) groups is 1. The van der Waals surface area contributed by atoms with Crippen LogP contribution in [0.5, 0.6) is 0 Å². The molecule has 2 rings (SSSR count). The summed E-state index contributed by atoms with van der Waals surface area (Å²) in [4.78, 5) is 14.6. The Labute approximate surface area is 121 Å². The lowest BCUT2D eigenvalue weighted by molar-refractivity contribution is -0.153. The summed E-state index contributed by atoms with van der Waals surface area (Å²) < 4.78 is 5.67. The van der Waals surface area contributed by atoms with Crippen molar-refractivity contribution >= 4 is 5.91 Å². The second-order valence-electron chi connectivity index (χ2n) is 6.45. The van der Waals surface area contributed by atoms with E-state index in [9.17, 15) is 4.79 Å². The minimum atomic E-state index is -0.208. The van der Waals surface area contributed by atoms with Gasteiger partial charge in [-0.1, -0.05) is 37.3 Å². The zero-order valence-electron chi connectivity index (χ0n) is 12.9. The molecule has 1 saturated heterocycles. The number of carbonyl (C=O) groups excluding carboxylic acids is 1. The number of benzene rings is 1. The maximum atomic E-state index is 12.6. The first kappa shape index (κ1) is 15.0. The third-order valence-corrected chi connectivity index (χ3v) is 4.04. The number of hydrogen-bond donors (Lipinski definition) is 0. The Morgan fingerprint density at radius 3 is 2.70 bits per heavy atom. The van der Waals surface area contributed by atoms with Gasteiger partial charge in [0.1, 0.15) is 0 Å². The van der Waals surface area contributed by atoms with Crippen LogP contribution in [0.3, 0.4) is 0 Å². The second-order valence-corrected chi connectivity index (χ2v) is 6.45. The van der Waals surface area contributed by atoms with Gasteiger partial charge in [-0.15, -0.1) is 0 Å². The summed E-state index contributed by atoms with van der Waals surface area (Å²) >= 11 is 0. The molecule has 0 spiro atoms. The molecule has 1 aromatic carbocycles. The molecule has 1 aliphatic heterocycles. The summed E-state index contributed by atoms with van der Waals surface area (Å²) in [5.74, 6) is 0.471. The largest absolute Gasteiger partial charge is 0.374 e. The molecule has 3 heteroatoms. The van der Waals surface area contributed by atoms with E-state index in [2.05, 4.69) is 32.9 Å². The molecule has 0 aromatic heterocycles. The summed E-state index contributed by atoms with van der Waals surface area (Å²) in [5, 5.41) is 0. The predicted molar refractivity (Wildman–Crippen MR) is 80.7 cm³/mol. The Hall–Kier alpha value is -1.35. The van der Waals surface area contributed by atoms with Gasteiger partial charge >= 0.3 is 0 Å². The minimum absolute atomic E-state index is 0.124. The first-order valence-electron chi connectivity index (χ1n) is 7.37. The fourth-order valence-corrected chi connectivity index (χ4v) is 2.69. The summed E-state index contributed by atoms with van der Waals surface area (Å²) in [5.41, 5.74) is 1.01. The van der Waals surface area contributed by atoms with E-state index in [1.807, 2.05) is 30.0 Å². The van der Waals surface area contributed by atoms with Gasteiger partial charge in [0.05, 0.1) is 18.2 Å². The predicted octanol–water partition coefficient (Wildman–Crippen LogP) is 3.21. The molecule has 0 aliphatic carbocycles. The molecule has 0 saturated carbocycles. The average Bonchev–Trinajstić information content (AvgIpc) is 2.42. The SMILES string of the molecule is CC1CN(C(=O)CC(C)c2ccccc2)C(C)(C)CO1. The van der Waals surface area contributed by atoms with Gasteiger partial charge in [0.25, 0.3) is 0 Å². The third-order valence-electron chi connectivity index (χ3n) is 4.04. The number of morpholine rings is 1. The first-order valence-corrected chi connectivity index (χ1v) is 7.37. The zero-order valence-corrected chi connectivity index (χ0v) is 12.9. The Morgan fingerprint density at radius 1 is 1.40 bits per heavy atom. The van der Waals surface area contributed by atoms with Crippen LogP contribution in [-0.4, -0.2) is 35.6 Å². The molecule has 1 fully saturated rings. The van der Waals surface area contributed by atoms with Crippen molar-refractivity contribution < 1.29 is 9.53 Å². The summed E-state index contributed by atoms with van der Waals surface area (Å²) in [6.07, 6.45) is 0.680. The summed E-state index contributed by atoms with van der Waals surface area (Å²) in [6.45, 7) is 9.58. The van der Waals surface area contributed by atoms with Crippen LogP contribution in [0.25, 0.3) is 0 Å². The number of amides is 1. The summed E-state index contributed by atoms with van der Waals surface area (Å²) in [6, 6.07) is 10.2. The second kappa shape index (κ2) is 5.96. The lowest BCUT2D eigenvalue weighted by atomic mass is 9.94. The maximum absolute atomic E-state index is 12.6. The van der Waals surface area contributed by atoms with Crippen LogP contribution in [-0.2, 0) is 9.53 Å². The molecule has 110 valence electrons. The van der Waals surface area contributed by atoms with Crippen LogP contribution in [0.4, 0.5) is 0 Å². The van der Waals surface area contributed by atoms with E-state index in [1.165, 1.54) is 5.56 Å². The molecule has 0 radical (unpaired) electrons. The van der Waals surface area contributed by atoms with Crippen molar-refractivity contribution in [3.8, 4) is 0 Å². The van der Waals surface area contributed by atoms with Crippen molar-refractivity contribution in [2.75, 3.05) is 13.2 Å². The van der Waals surface area contributed by atoms with Gasteiger partial charge in [0, 0.05) is 13.0 Å². The number of ether oxygens (including phenoxy) is 1. The van der Waals surface area contributed by atoms with Gasteiger partial charge in [-0.3, -0.25) is 4.79 Å². The highest BCUT2D eigenvalue weighted by Crippen LogP contribution is 2.26. The van der Waals surface area contributed by atoms with Gasteiger partial charge < -0.3 is 9.64 Å². The molecular formula is C17H25NO2. The molecule has 1 heterocycles. The molecule has 0 N–H and O–H groups in total. The highest BCUT2D eigenvalue weighted by molar-refractivity contribution is 5.78. The van der Waals surface area contributed by atoms with Crippen molar-refractivity contribution in [2.24, 2.45) is 0 Å². The zero-order chi connectivity index (χ0) is 14.8. The molecule has 0 bridgehead atoms. The van der Waals surface area contributed by atoms with Gasteiger partial charge in [-0.25, -0.2) is 0 Å². The Balaban J connectivity index is 2.03. The van der Waals surface area contributed by atoms with E-state index in [0.29, 0.717) is 19.6 Å². The van der Waals surface area contributed by atoms with E-state index in [0.717, 1.165) is 0 Å². The Morgan fingerprint density at radius 2 is 2.05 bits per heavy atom. The van der Waals surface area contributed by atoms with Crippen LogP contribution in [0.15, 0.2) is 30.3 Å². The van der Waals surface area contributed by atoms with Crippen molar-refractivity contribution in [3.05, 3.63) is 35.9 Å².